The second kappa shape index (κ2) is 10.8. The van der Waals surface area contributed by atoms with Crippen molar-refractivity contribution in [2.75, 3.05) is 26.2 Å². The second-order valence-corrected chi connectivity index (χ2v) is 5.81. The minimum Gasteiger partial charge on any atom is -0.314 e. The molecule has 0 aromatic rings. The predicted molar refractivity (Wildman–Crippen MR) is 81.1 cm³/mol. The monoisotopic (exact) mass is 254 g/mol. The molecule has 108 valence electrons. The molecular weight excluding hydrogens is 220 g/mol. The van der Waals surface area contributed by atoms with Crippen molar-refractivity contribution < 1.29 is 0 Å². The molecule has 0 radical (unpaired) electrons. The fourth-order valence-corrected chi connectivity index (χ4v) is 2.85. The first-order valence-electron chi connectivity index (χ1n) is 8.32. The lowest BCUT2D eigenvalue weighted by Crippen LogP contribution is -2.39. The molecule has 0 aromatic carbocycles. The van der Waals surface area contributed by atoms with Crippen LogP contribution in [-0.2, 0) is 0 Å². The summed E-state index contributed by atoms with van der Waals surface area (Å²) >= 11 is 0. The van der Waals surface area contributed by atoms with Crippen LogP contribution in [0.2, 0.25) is 0 Å². The molecule has 1 aliphatic rings. The molecule has 1 aliphatic heterocycles. The van der Waals surface area contributed by atoms with Gasteiger partial charge in [-0.25, -0.2) is 0 Å². The van der Waals surface area contributed by atoms with Crippen molar-refractivity contribution >= 4 is 0 Å². The van der Waals surface area contributed by atoms with Gasteiger partial charge in [0.2, 0.25) is 0 Å². The Morgan fingerprint density at radius 1 is 1.00 bits per heavy atom. The largest absolute Gasteiger partial charge is 0.314 e. The smallest absolute Gasteiger partial charge is 0.00766 e. The van der Waals surface area contributed by atoms with Crippen LogP contribution in [0, 0.1) is 0 Å². The van der Waals surface area contributed by atoms with Crippen LogP contribution in [0.15, 0.2) is 0 Å². The van der Waals surface area contributed by atoms with E-state index < -0.39 is 0 Å². The Bertz CT molecular complexity index is 182. The normalized spacial score (nSPS) is 22.7. The zero-order valence-corrected chi connectivity index (χ0v) is 12.7. The number of hydrogen-bond donors (Lipinski definition) is 1. The third-order valence-corrected chi connectivity index (χ3v) is 4.20. The van der Waals surface area contributed by atoms with E-state index in [1.807, 2.05) is 0 Å². The Hall–Kier alpha value is -0.0800. The summed E-state index contributed by atoms with van der Waals surface area (Å²) in [6.45, 7) is 9.75. The van der Waals surface area contributed by atoms with Gasteiger partial charge < -0.3 is 10.2 Å². The molecule has 18 heavy (non-hydrogen) atoms. The van der Waals surface area contributed by atoms with Gasteiger partial charge in [-0.3, -0.25) is 0 Å². The van der Waals surface area contributed by atoms with E-state index in [0.717, 1.165) is 6.04 Å². The highest BCUT2D eigenvalue weighted by molar-refractivity contribution is 4.72. The van der Waals surface area contributed by atoms with Crippen LogP contribution < -0.4 is 5.32 Å². The van der Waals surface area contributed by atoms with Gasteiger partial charge in [0.05, 0.1) is 0 Å². The Labute approximate surface area is 115 Å². The summed E-state index contributed by atoms with van der Waals surface area (Å²) in [4.78, 5) is 2.70. The molecule has 0 aliphatic carbocycles. The second-order valence-electron chi connectivity index (χ2n) is 5.81. The number of hydrogen-bond acceptors (Lipinski definition) is 2. The molecule has 0 bridgehead atoms. The van der Waals surface area contributed by atoms with E-state index in [-0.39, 0.29) is 0 Å². The lowest BCUT2D eigenvalue weighted by Gasteiger charge is -2.28. The summed E-state index contributed by atoms with van der Waals surface area (Å²) in [5, 5.41) is 3.66. The standard InChI is InChI=1S/C16H34N2/c1-3-5-6-7-8-9-13-18-14-10-12-17-16(4-2)11-15-18/h16-17H,3-15H2,1-2H3. The van der Waals surface area contributed by atoms with Gasteiger partial charge in [0.1, 0.15) is 0 Å². The number of nitrogens with one attached hydrogen (secondary N) is 1. The summed E-state index contributed by atoms with van der Waals surface area (Å²) in [6, 6.07) is 0.761. The van der Waals surface area contributed by atoms with Gasteiger partial charge >= 0.3 is 0 Å². The van der Waals surface area contributed by atoms with E-state index >= 15 is 0 Å². The molecule has 1 N–H and O–H groups in total. The SMILES string of the molecule is CCCCCCCCN1CCCNC(CC)CC1. The zero-order chi connectivity index (χ0) is 13.1. The fourth-order valence-electron chi connectivity index (χ4n) is 2.85. The Balaban J connectivity index is 2.05. The fraction of sp³-hybridized carbons (Fsp3) is 1.00. The average Bonchev–Trinajstić information content (AvgIpc) is 2.36. The van der Waals surface area contributed by atoms with Gasteiger partial charge in [-0.2, -0.15) is 0 Å². The van der Waals surface area contributed by atoms with Crippen molar-refractivity contribution in [1.82, 2.24) is 10.2 Å². The molecule has 0 amide bonds. The molecule has 1 fully saturated rings. The molecule has 2 nitrogen and oxygen atoms in total. The van der Waals surface area contributed by atoms with Crippen LogP contribution in [-0.4, -0.2) is 37.1 Å². The molecule has 1 unspecified atom stereocenters. The maximum Gasteiger partial charge on any atom is 0.00766 e. The number of nitrogens with zero attached hydrogens (tertiary/aromatic N) is 1. The summed E-state index contributed by atoms with van der Waals surface area (Å²) < 4.78 is 0. The van der Waals surface area contributed by atoms with Crippen LogP contribution >= 0.6 is 0 Å². The lowest BCUT2D eigenvalue weighted by atomic mass is 10.1. The zero-order valence-electron chi connectivity index (χ0n) is 12.7. The van der Waals surface area contributed by atoms with Crippen LogP contribution in [0.1, 0.15) is 71.6 Å². The summed E-state index contributed by atoms with van der Waals surface area (Å²) in [5.74, 6) is 0. The van der Waals surface area contributed by atoms with Gasteiger partial charge in [0, 0.05) is 6.04 Å². The summed E-state index contributed by atoms with van der Waals surface area (Å²) in [6.07, 6.45) is 12.5. The topological polar surface area (TPSA) is 15.3 Å². The molecule has 1 rings (SSSR count). The highest BCUT2D eigenvalue weighted by Crippen LogP contribution is 2.09. The van der Waals surface area contributed by atoms with Crippen LogP contribution in [0.3, 0.4) is 0 Å². The molecule has 1 atom stereocenters. The van der Waals surface area contributed by atoms with Crippen molar-refractivity contribution in [3.05, 3.63) is 0 Å². The highest BCUT2D eigenvalue weighted by atomic mass is 15.1. The van der Waals surface area contributed by atoms with Crippen molar-refractivity contribution in [3.8, 4) is 0 Å². The minimum absolute atomic E-state index is 0.761. The number of unbranched alkanes of at least 4 members (excludes halogenated alkanes) is 5. The summed E-state index contributed by atoms with van der Waals surface area (Å²) in [5.41, 5.74) is 0. The van der Waals surface area contributed by atoms with Crippen LogP contribution in [0.25, 0.3) is 0 Å². The van der Waals surface area contributed by atoms with Crippen LogP contribution in [0.4, 0.5) is 0 Å². The Kier molecular flexibility index (Phi) is 9.59. The van der Waals surface area contributed by atoms with Crippen molar-refractivity contribution in [3.63, 3.8) is 0 Å². The van der Waals surface area contributed by atoms with Gasteiger partial charge in [-0.05, 0) is 51.9 Å². The molecule has 1 saturated heterocycles. The van der Waals surface area contributed by atoms with Crippen molar-refractivity contribution in [2.45, 2.75) is 77.7 Å². The molecule has 2 heteroatoms. The van der Waals surface area contributed by atoms with E-state index in [9.17, 15) is 0 Å². The van der Waals surface area contributed by atoms with E-state index in [1.165, 1.54) is 84.0 Å². The third kappa shape index (κ3) is 7.38. The quantitative estimate of drug-likeness (QED) is 0.663. The van der Waals surface area contributed by atoms with E-state index in [1.54, 1.807) is 0 Å². The molecule has 1 heterocycles. The summed E-state index contributed by atoms with van der Waals surface area (Å²) in [7, 11) is 0. The molecular formula is C16H34N2. The average molecular weight is 254 g/mol. The Morgan fingerprint density at radius 3 is 2.56 bits per heavy atom. The predicted octanol–water partition coefficient (Wildman–Crippen LogP) is 3.81. The maximum absolute atomic E-state index is 3.66. The van der Waals surface area contributed by atoms with Gasteiger partial charge in [0.25, 0.3) is 0 Å². The minimum atomic E-state index is 0.761. The molecule has 0 saturated carbocycles. The molecule has 0 spiro atoms. The van der Waals surface area contributed by atoms with Gasteiger partial charge in [-0.15, -0.1) is 0 Å². The van der Waals surface area contributed by atoms with Crippen molar-refractivity contribution in [1.29, 1.82) is 0 Å². The molecule has 0 aromatic heterocycles. The van der Waals surface area contributed by atoms with Crippen LogP contribution in [0.5, 0.6) is 0 Å². The van der Waals surface area contributed by atoms with Gasteiger partial charge in [0.15, 0.2) is 0 Å². The van der Waals surface area contributed by atoms with Gasteiger partial charge in [-0.1, -0.05) is 46.0 Å². The maximum atomic E-state index is 3.66. The highest BCUT2D eigenvalue weighted by Gasteiger charge is 2.12. The van der Waals surface area contributed by atoms with E-state index in [0.29, 0.717) is 0 Å². The van der Waals surface area contributed by atoms with E-state index in [2.05, 4.69) is 24.1 Å². The first-order chi connectivity index (χ1) is 8.86. The van der Waals surface area contributed by atoms with E-state index in [4.69, 9.17) is 0 Å². The Morgan fingerprint density at radius 2 is 1.78 bits per heavy atom. The first-order valence-corrected chi connectivity index (χ1v) is 8.32. The first kappa shape index (κ1) is 16.0. The number of rotatable bonds is 8. The van der Waals surface area contributed by atoms with Crippen molar-refractivity contribution in [2.24, 2.45) is 0 Å². The third-order valence-electron chi connectivity index (χ3n) is 4.20. The lowest BCUT2D eigenvalue weighted by molar-refractivity contribution is 0.227.